The molecule has 0 aliphatic rings. The summed E-state index contributed by atoms with van der Waals surface area (Å²) in [5.74, 6) is 0. The average molecular weight is 184 g/mol. The summed E-state index contributed by atoms with van der Waals surface area (Å²) < 4.78 is 1.51. The predicted molar refractivity (Wildman–Crippen MR) is 45.6 cm³/mol. The van der Waals surface area contributed by atoms with Crippen LogP contribution < -0.4 is 5.43 Å². The smallest absolute Gasteiger partial charge is 0.226 e. The zero-order valence-corrected chi connectivity index (χ0v) is 7.09. The molecule has 62 valence electrons. The highest BCUT2D eigenvalue weighted by atomic mass is 35.5. The van der Waals surface area contributed by atoms with E-state index in [0.717, 1.165) is 5.69 Å². The number of H-pyrrole nitrogens is 1. The fraction of sp³-hybridized carbons (Fsp3) is 0.143. The van der Waals surface area contributed by atoms with Crippen molar-refractivity contribution in [2.45, 2.75) is 6.92 Å². The molecule has 2 heterocycles. The first-order valence-corrected chi connectivity index (χ1v) is 3.79. The van der Waals surface area contributed by atoms with Crippen molar-refractivity contribution in [2.75, 3.05) is 0 Å². The van der Waals surface area contributed by atoms with E-state index < -0.39 is 0 Å². The number of nitrogens with zero attached hydrogens (tertiary/aromatic N) is 2. The van der Waals surface area contributed by atoms with E-state index in [2.05, 4.69) is 10.1 Å². The Morgan fingerprint density at radius 3 is 3.17 bits per heavy atom. The van der Waals surface area contributed by atoms with Crippen LogP contribution in [0.1, 0.15) is 5.69 Å². The Morgan fingerprint density at radius 1 is 1.67 bits per heavy atom. The summed E-state index contributed by atoms with van der Waals surface area (Å²) in [6.07, 6.45) is 1.71. The zero-order chi connectivity index (χ0) is 8.72. The van der Waals surface area contributed by atoms with Crippen LogP contribution in [0.2, 0.25) is 5.15 Å². The molecule has 0 amide bonds. The largest absolute Gasteiger partial charge is 0.286 e. The van der Waals surface area contributed by atoms with Gasteiger partial charge in [-0.1, -0.05) is 11.6 Å². The van der Waals surface area contributed by atoms with Crippen molar-refractivity contribution in [1.82, 2.24) is 14.6 Å². The van der Waals surface area contributed by atoms with Crippen LogP contribution >= 0.6 is 11.6 Å². The van der Waals surface area contributed by atoms with Gasteiger partial charge in [0.1, 0.15) is 5.15 Å². The van der Waals surface area contributed by atoms with Crippen LogP contribution in [0.25, 0.3) is 5.65 Å². The molecule has 0 fully saturated rings. The monoisotopic (exact) mass is 183 g/mol. The van der Waals surface area contributed by atoms with Crippen molar-refractivity contribution in [3.8, 4) is 0 Å². The normalized spacial score (nSPS) is 10.8. The van der Waals surface area contributed by atoms with Gasteiger partial charge in [0, 0.05) is 6.07 Å². The highest BCUT2D eigenvalue weighted by molar-refractivity contribution is 6.29. The molecule has 5 heteroatoms. The molecule has 0 saturated carbocycles. The minimum absolute atomic E-state index is 0.174. The van der Waals surface area contributed by atoms with Gasteiger partial charge in [-0.3, -0.25) is 9.89 Å². The van der Waals surface area contributed by atoms with E-state index in [1.807, 2.05) is 6.92 Å². The maximum absolute atomic E-state index is 11.2. The molecule has 0 radical (unpaired) electrons. The van der Waals surface area contributed by atoms with Gasteiger partial charge in [-0.05, 0) is 6.92 Å². The Hall–Kier alpha value is -1.29. The standard InChI is InChI=1S/C7H6ClN3O/c1-4-3-11-7(9-4)5(12)2-6(8)10-11/h2-3,10H,1H3. The molecule has 2 rings (SSSR count). The van der Waals surface area contributed by atoms with E-state index in [0.29, 0.717) is 10.8 Å². The summed E-state index contributed by atoms with van der Waals surface area (Å²) in [6.45, 7) is 1.81. The van der Waals surface area contributed by atoms with Crippen LogP contribution in [0.3, 0.4) is 0 Å². The van der Waals surface area contributed by atoms with Crippen LogP contribution in [-0.4, -0.2) is 14.6 Å². The molecule has 1 N–H and O–H groups in total. The third-order valence-corrected chi connectivity index (χ3v) is 1.73. The predicted octanol–water partition coefficient (Wildman–Crippen LogP) is 0.984. The number of imidazole rings is 1. The van der Waals surface area contributed by atoms with Crippen molar-refractivity contribution in [3.05, 3.63) is 33.3 Å². The number of aryl methyl sites for hydroxylation is 1. The minimum Gasteiger partial charge on any atom is -0.286 e. The lowest BCUT2D eigenvalue weighted by Gasteiger charge is -1.92. The van der Waals surface area contributed by atoms with Crippen molar-refractivity contribution >= 4 is 17.2 Å². The van der Waals surface area contributed by atoms with Crippen molar-refractivity contribution < 1.29 is 0 Å². The fourth-order valence-corrected chi connectivity index (χ4v) is 1.27. The van der Waals surface area contributed by atoms with Crippen LogP contribution in [0.5, 0.6) is 0 Å². The van der Waals surface area contributed by atoms with E-state index in [4.69, 9.17) is 11.6 Å². The molecular weight excluding hydrogens is 178 g/mol. The van der Waals surface area contributed by atoms with E-state index in [1.54, 1.807) is 6.20 Å². The van der Waals surface area contributed by atoms with Gasteiger partial charge in [0.2, 0.25) is 5.43 Å². The lowest BCUT2D eigenvalue weighted by molar-refractivity contribution is 0.928. The highest BCUT2D eigenvalue weighted by Crippen LogP contribution is 2.02. The lowest BCUT2D eigenvalue weighted by Crippen LogP contribution is -2.06. The van der Waals surface area contributed by atoms with Gasteiger partial charge < -0.3 is 0 Å². The molecule has 0 spiro atoms. The molecule has 12 heavy (non-hydrogen) atoms. The van der Waals surface area contributed by atoms with Gasteiger partial charge in [0.15, 0.2) is 5.65 Å². The van der Waals surface area contributed by atoms with Crippen LogP contribution in [0.4, 0.5) is 0 Å². The Morgan fingerprint density at radius 2 is 2.42 bits per heavy atom. The zero-order valence-electron chi connectivity index (χ0n) is 6.34. The molecule has 0 unspecified atom stereocenters. The summed E-state index contributed by atoms with van der Waals surface area (Å²) >= 11 is 5.63. The Kier molecular flexibility index (Phi) is 1.44. The minimum atomic E-state index is -0.174. The summed E-state index contributed by atoms with van der Waals surface area (Å²) in [6, 6.07) is 1.31. The molecular formula is C7H6ClN3O. The lowest BCUT2D eigenvalue weighted by atomic mass is 10.5. The Bertz CT molecular complexity index is 485. The number of nitrogens with one attached hydrogen (secondary N) is 1. The fourth-order valence-electron chi connectivity index (χ4n) is 1.08. The third-order valence-electron chi connectivity index (χ3n) is 1.53. The Balaban J connectivity index is 2.98. The van der Waals surface area contributed by atoms with Gasteiger partial charge in [0.05, 0.1) is 11.9 Å². The van der Waals surface area contributed by atoms with Gasteiger partial charge in [-0.2, -0.15) is 0 Å². The first-order valence-electron chi connectivity index (χ1n) is 3.41. The first kappa shape index (κ1) is 7.36. The maximum Gasteiger partial charge on any atom is 0.226 e. The van der Waals surface area contributed by atoms with Gasteiger partial charge in [-0.15, -0.1) is 0 Å². The number of hydrogen-bond donors (Lipinski definition) is 1. The van der Waals surface area contributed by atoms with Gasteiger partial charge >= 0.3 is 0 Å². The summed E-state index contributed by atoms with van der Waals surface area (Å²) in [4.78, 5) is 15.2. The maximum atomic E-state index is 11.2. The van der Waals surface area contributed by atoms with E-state index in [-0.39, 0.29) is 5.43 Å². The second kappa shape index (κ2) is 2.35. The molecule has 2 aromatic rings. The highest BCUT2D eigenvalue weighted by Gasteiger charge is 2.02. The molecule has 4 nitrogen and oxygen atoms in total. The Labute approximate surface area is 72.8 Å². The SMILES string of the molecule is Cc1cn2[nH]c(Cl)cc(=O)c2n1. The van der Waals surface area contributed by atoms with Gasteiger partial charge in [0.25, 0.3) is 0 Å². The van der Waals surface area contributed by atoms with Gasteiger partial charge in [-0.25, -0.2) is 9.50 Å². The molecule has 0 atom stereocenters. The third kappa shape index (κ3) is 1.00. The number of halogens is 1. The quantitative estimate of drug-likeness (QED) is 0.662. The van der Waals surface area contributed by atoms with Crippen LogP contribution in [0, 0.1) is 6.92 Å². The van der Waals surface area contributed by atoms with E-state index >= 15 is 0 Å². The second-order valence-corrected chi connectivity index (χ2v) is 2.95. The first-order chi connectivity index (χ1) is 5.66. The molecule has 0 bridgehead atoms. The van der Waals surface area contributed by atoms with Crippen molar-refractivity contribution in [3.63, 3.8) is 0 Å². The molecule has 0 aliphatic carbocycles. The molecule has 0 aliphatic heterocycles. The van der Waals surface area contributed by atoms with E-state index in [9.17, 15) is 4.79 Å². The van der Waals surface area contributed by atoms with Crippen LogP contribution in [0.15, 0.2) is 17.1 Å². The number of aromatic nitrogens is 3. The molecule has 2 aromatic heterocycles. The number of rotatable bonds is 0. The topological polar surface area (TPSA) is 50.2 Å². The number of fused-ring (bicyclic) bond motifs is 1. The molecule has 0 aromatic carbocycles. The summed E-state index contributed by atoms with van der Waals surface area (Å²) in [5, 5.41) is 3.08. The summed E-state index contributed by atoms with van der Waals surface area (Å²) in [7, 11) is 0. The number of aromatic amines is 1. The second-order valence-electron chi connectivity index (χ2n) is 2.54. The van der Waals surface area contributed by atoms with Crippen LogP contribution in [-0.2, 0) is 0 Å². The van der Waals surface area contributed by atoms with Crippen molar-refractivity contribution in [2.24, 2.45) is 0 Å². The number of hydrogen-bond acceptors (Lipinski definition) is 2. The van der Waals surface area contributed by atoms with Crippen molar-refractivity contribution in [1.29, 1.82) is 0 Å². The average Bonchev–Trinajstić information content (AvgIpc) is 2.29. The summed E-state index contributed by atoms with van der Waals surface area (Å²) in [5.41, 5.74) is 0.981. The van der Waals surface area contributed by atoms with E-state index in [1.165, 1.54) is 10.6 Å². The molecule has 0 saturated heterocycles.